The van der Waals surface area contributed by atoms with E-state index in [2.05, 4.69) is 20.5 Å². The zero-order chi connectivity index (χ0) is 19.4. The highest BCUT2D eigenvalue weighted by Crippen LogP contribution is 2.20. The van der Waals surface area contributed by atoms with Crippen molar-refractivity contribution < 1.29 is 13.2 Å². The van der Waals surface area contributed by atoms with E-state index < -0.39 is 10.0 Å². The van der Waals surface area contributed by atoms with E-state index in [0.717, 1.165) is 5.82 Å². The molecule has 8 nitrogen and oxygen atoms in total. The molecule has 0 atom stereocenters. The van der Waals surface area contributed by atoms with Gasteiger partial charge in [0.15, 0.2) is 0 Å². The number of amides is 1. The van der Waals surface area contributed by atoms with Crippen LogP contribution in [0.3, 0.4) is 0 Å². The largest absolute Gasteiger partial charge is 0.325 e. The van der Waals surface area contributed by atoms with Crippen LogP contribution < -0.4 is 10.5 Å². The number of carbonyl (C=O) groups excluding carboxylic acids is 1. The summed E-state index contributed by atoms with van der Waals surface area (Å²) in [6.45, 7) is 1.64. The van der Waals surface area contributed by atoms with Crippen molar-refractivity contribution in [2.45, 2.75) is 23.4 Å². The van der Waals surface area contributed by atoms with Crippen molar-refractivity contribution in [3.8, 4) is 0 Å². The lowest BCUT2D eigenvalue weighted by Crippen LogP contribution is -2.17. The van der Waals surface area contributed by atoms with Gasteiger partial charge in [-0.2, -0.15) is 0 Å². The SMILES string of the molecule is Cc1ccc(NC(=O)CSc2n[nH]c(Cc3cccs3)n2)cc1S(N)(=O)=O. The third kappa shape index (κ3) is 5.39. The van der Waals surface area contributed by atoms with Crippen LogP contribution in [0, 0.1) is 6.92 Å². The van der Waals surface area contributed by atoms with E-state index in [9.17, 15) is 13.2 Å². The Balaban J connectivity index is 1.57. The van der Waals surface area contributed by atoms with Crippen LogP contribution in [0.5, 0.6) is 0 Å². The Hall–Kier alpha value is -2.21. The quantitative estimate of drug-likeness (QED) is 0.499. The van der Waals surface area contributed by atoms with Crippen LogP contribution in [-0.4, -0.2) is 35.3 Å². The number of aromatic amines is 1. The number of carbonyl (C=O) groups is 1. The number of nitrogens with two attached hydrogens (primary N) is 1. The van der Waals surface area contributed by atoms with Gasteiger partial charge >= 0.3 is 0 Å². The number of hydrogen-bond donors (Lipinski definition) is 3. The summed E-state index contributed by atoms with van der Waals surface area (Å²) in [4.78, 5) is 17.6. The highest BCUT2D eigenvalue weighted by molar-refractivity contribution is 7.99. The van der Waals surface area contributed by atoms with E-state index in [1.54, 1.807) is 30.4 Å². The Kier molecular flexibility index (Phi) is 5.95. The molecule has 27 heavy (non-hydrogen) atoms. The lowest BCUT2D eigenvalue weighted by Gasteiger charge is -2.08. The third-order valence-electron chi connectivity index (χ3n) is 3.54. The number of H-pyrrole nitrogens is 1. The van der Waals surface area contributed by atoms with Gasteiger partial charge in [-0.25, -0.2) is 18.5 Å². The Bertz CT molecular complexity index is 1050. The molecule has 0 aliphatic rings. The van der Waals surface area contributed by atoms with Gasteiger partial charge in [0, 0.05) is 17.0 Å². The number of primary sulfonamides is 1. The van der Waals surface area contributed by atoms with Crippen molar-refractivity contribution in [2.75, 3.05) is 11.1 Å². The molecule has 142 valence electrons. The Morgan fingerprint density at radius 3 is 2.89 bits per heavy atom. The molecule has 3 rings (SSSR count). The number of nitrogens with one attached hydrogen (secondary N) is 2. The first kappa shape index (κ1) is 19.5. The summed E-state index contributed by atoms with van der Waals surface area (Å²) in [5.74, 6) is 0.528. The van der Waals surface area contributed by atoms with Crippen LogP contribution in [0.15, 0.2) is 45.8 Å². The molecule has 0 bridgehead atoms. The molecule has 0 saturated carbocycles. The molecule has 1 amide bonds. The predicted molar refractivity (Wildman–Crippen MR) is 105 cm³/mol. The van der Waals surface area contributed by atoms with Crippen LogP contribution in [0.4, 0.5) is 5.69 Å². The number of aromatic nitrogens is 3. The van der Waals surface area contributed by atoms with Crippen molar-refractivity contribution in [3.63, 3.8) is 0 Å². The standard InChI is InChI=1S/C16H17N5O3S3/c1-10-4-5-11(7-13(10)27(17,23)24)18-15(22)9-26-16-19-14(20-21-16)8-12-3-2-6-25-12/h2-7H,8-9H2,1H3,(H,18,22)(H2,17,23,24)(H,19,20,21). The van der Waals surface area contributed by atoms with Crippen molar-refractivity contribution >= 4 is 44.7 Å². The van der Waals surface area contributed by atoms with E-state index in [-0.39, 0.29) is 16.6 Å². The molecule has 1 aromatic carbocycles. The molecule has 4 N–H and O–H groups in total. The number of thioether (sulfide) groups is 1. The average Bonchev–Trinajstić information content (AvgIpc) is 3.26. The van der Waals surface area contributed by atoms with Crippen molar-refractivity contribution in [2.24, 2.45) is 5.14 Å². The van der Waals surface area contributed by atoms with Gasteiger partial charge in [0.05, 0.1) is 10.6 Å². The Morgan fingerprint density at radius 1 is 1.37 bits per heavy atom. The summed E-state index contributed by atoms with van der Waals surface area (Å²) in [7, 11) is -3.85. The first-order chi connectivity index (χ1) is 12.8. The second-order valence-corrected chi connectivity index (χ2v) is 9.19. The summed E-state index contributed by atoms with van der Waals surface area (Å²) in [6, 6.07) is 8.56. The fourth-order valence-electron chi connectivity index (χ4n) is 2.31. The molecule has 0 spiro atoms. The van der Waals surface area contributed by atoms with Gasteiger partial charge in [-0.1, -0.05) is 23.9 Å². The highest BCUT2D eigenvalue weighted by atomic mass is 32.2. The maximum absolute atomic E-state index is 12.1. The van der Waals surface area contributed by atoms with Gasteiger partial charge in [-0.15, -0.1) is 16.4 Å². The number of hydrogen-bond acceptors (Lipinski definition) is 7. The fourth-order valence-corrected chi connectivity index (χ4v) is 4.45. The fraction of sp³-hybridized carbons (Fsp3) is 0.188. The van der Waals surface area contributed by atoms with Crippen LogP contribution in [0.2, 0.25) is 0 Å². The zero-order valence-electron chi connectivity index (χ0n) is 14.3. The third-order valence-corrected chi connectivity index (χ3v) is 6.32. The first-order valence-electron chi connectivity index (χ1n) is 7.81. The first-order valence-corrected chi connectivity index (χ1v) is 11.2. The number of anilines is 1. The van der Waals surface area contributed by atoms with Crippen molar-refractivity contribution in [3.05, 3.63) is 52.0 Å². The minimum absolute atomic E-state index is 0.0138. The minimum Gasteiger partial charge on any atom is -0.325 e. The molecule has 0 unspecified atom stereocenters. The topological polar surface area (TPSA) is 131 Å². The molecule has 0 fully saturated rings. The minimum atomic E-state index is -3.85. The molecular formula is C16H17N5O3S3. The maximum atomic E-state index is 12.1. The monoisotopic (exact) mass is 423 g/mol. The number of nitrogens with zero attached hydrogens (tertiary/aromatic N) is 2. The van der Waals surface area contributed by atoms with Gasteiger partial charge in [-0.05, 0) is 36.1 Å². The van der Waals surface area contributed by atoms with Gasteiger partial charge in [-0.3, -0.25) is 9.89 Å². The molecule has 0 aliphatic carbocycles. The van der Waals surface area contributed by atoms with Crippen molar-refractivity contribution in [1.29, 1.82) is 0 Å². The Morgan fingerprint density at radius 2 is 2.19 bits per heavy atom. The molecule has 3 aromatic rings. The molecule has 2 aromatic heterocycles. The number of thiophene rings is 1. The normalized spacial score (nSPS) is 11.5. The second kappa shape index (κ2) is 8.21. The predicted octanol–water partition coefficient (Wildman–Crippen LogP) is 2.14. The summed E-state index contributed by atoms with van der Waals surface area (Å²) in [6.07, 6.45) is 0.664. The summed E-state index contributed by atoms with van der Waals surface area (Å²) < 4.78 is 23.1. The lowest BCUT2D eigenvalue weighted by atomic mass is 10.2. The number of aryl methyl sites for hydroxylation is 1. The molecular weight excluding hydrogens is 406 g/mol. The molecule has 11 heteroatoms. The smallest absolute Gasteiger partial charge is 0.238 e. The summed E-state index contributed by atoms with van der Waals surface area (Å²) in [5.41, 5.74) is 0.882. The number of benzene rings is 1. The lowest BCUT2D eigenvalue weighted by molar-refractivity contribution is -0.113. The molecule has 0 saturated heterocycles. The zero-order valence-corrected chi connectivity index (χ0v) is 16.7. The van der Waals surface area contributed by atoms with Gasteiger partial charge in [0.1, 0.15) is 5.82 Å². The second-order valence-electron chi connectivity index (χ2n) is 5.68. The summed E-state index contributed by atoms with van der Waals surface area (Å²) in [5, 5.41) is 17.3. The number of sulfonamides is 1. The van der Waals surface area contributed by atoms with Gasteiger partial charge in [0.2, 0.25) is 21.1 Å². The van der Waals surface area contributed by atoms with E-state index in [0.29, 0.717) is 22.8 Å². The molecule has 0 radical (unpaired) electrons. The van der Waals surface area contributed by atoms with Gasteiger partial charge < -0.3 is 5.32 Å². The van der Waals surface area contributed by atoms with E-state index in [1.807, 2.05) is 17.5 Å². The van der Waals surface area contributed by atoms with Crippen LogP contribution in [0.1, 0.15) is 16.3 Å². The van der Waals surface area contributed by atoms with Crippen LogP contribution >= 0.6 is 23.1 Å². The van der Waals surface area contributed by atoms with Crippen LogP contribution in [0.25, 0.3) is 0 Å². The maximum Gasteiger partial charge on any atom is 0.238 e. The average molecular weight is 424 g/mol. The van der Waals surface area contributed by atoms with E-state index in [4.69, 9.17) is 5.14 Å². The Labute approximate surface area is 164 Å². The molecule has 2 heterocycles. The summed E-state index contributed by atoms with van der Waals surface area (Å²) >= 11 is 2.83. The highest BCUT2D eigenvalue weighted by Gasteiger charge is 2.14. The number of rotatable bonds is 7. The van der Waals surface area contributed by atoms with Gasteiger partial charge in [0.25, 0.3) is 0 Å². The van der Waals surface area contributed by atoms with Crippen LogP contribution in [-0.2, 0) is 21.2 Å². The van der Waals surface area contributed by atoms with E-state index >= 15 is 0 Å². The van der Waals surface area contributed by atoms with Crippen molar-refractivity contribution in [1.82, 2.24) is 15.2 Å². The molecule has 0 aliphatic heterocycles. The van der Waals surface area contributed by atoms with E-state index in [1.165, 1.54) is 22.7 Å².